The Morgan fingerprint density at radius 3 is 2.36 bits per heavy atom. The topological polar surface area (TPSA) is 66.9 Å². The van der Waals surface area contributed by atoms with Gasteiger partial charge in [-0.25, -0.2) is 18.0 Å². The van der Waals surface area contributed by atoms with Crippen molar-refractivity contribution in [1.82, 2.24) is 9.88 Å². The maximum Gasteiger partial charge on any atom is 0.410 e. The highest BCUT2D eigenvalue weighted by Crippen LogP contribution is 2.38. The van der Waals surface area contributed by atoms with Gasteiger partial charge in [0.15, 0.2) is 0 Å². The summed E-state index contributed by atoms with van der Waals surface area (Å²) in [7, 11) is 1.59. The smallest absolute Gasteiger partial charge is 0.410 e. The molecule has 4 rings (SSSR count). The second-order valence-electron chi connectivity index (χ2n) is 10.7. The molecule has 0 radical (unpaired) electrons. The first-order chi connectivity index (χ1) is 18.4. The number of nitrogens with zero attached hydrogens (tertiary/aromatic N) is 3. The van der Waals surface area contributed by atoms with E-state index in [0.29, 0.717) is 43.1 Å². The molecule has 1 saturated heterocycles. The van der Waals surface area contributed by atoms with E-state index in [0.717, 1.165) is 22.8 Å². The highest BCUT2D eigenvalue weighted by molar-refractivity contribution is 5.96. The van der Waals surface area contributed by atoms with Crippen LogP contribution < -0.4 is 15.0 Å². The van der Waals surface area contributed by atoms with E-state index in [1.807, 2.05) is 45.9 Å². The fourth-order valence-corrected chi connectivity index (χ4v) is 4.74. The molecule has 0 unspecified atom stereocenters. The number of hydrogen-bond donors (Lipinski definition) is 1. The fourth-order valence-electron chi connectivity index (χ4n) is 4.74. The van der Waals surface area contributed by atoms with Crippen molar-refractivity contribution in [3.63, 3.8) is 0 Å². The van der Waals surface area contributed by atoms with Crippen molar-refractivity contribution in [3.05, 3.63) is 59.0 Å². The molecule has 7 nitrogen and oxygen atoms in total. The number of rotatable bonds is 6. The lowest BCUT2D eigenvalue weighted by Gasteiger charge is -2.37. The summed E-state index contributed by atoms with van der Waals surface area (Å²) in [5, 5.41) is 4.09. The van der Waals surface area contributed by atoms with Gasteiger partial charge in [-0.3, -0.25) is 4.98 Å². The molecule has 3 aromatic rings. The van der Waals surface area contributed by atoms with Crippen molar-refractivity contribution in [1.29, 1.82) is 0 Å². The van der Waals surface area contributed by atoms with Crippen LogP contribution in [0.5, 0.6) is 5.75 Å². The molecule has 0 bridgehead atoms. The highest BCUT2D eigenvalue weighted by Gasteiger charge is 2.28. The van der Waals surface area contributed by atoms with Gasteiger partial charge in [-0.2, -0.15) is 0 Å². The summed E-state index contributed by atoms with van der Waals surface area (Å²) in [6.07, 6.45) is -3.23. The van der Waals surface area contributed by atoms with Crippen molar-refractivity contribution in [2.24, 2.45) is 0 Å². The number of aryl methyl sites for hydroxylation is 1. The van der Waals surface area contributed by atoms with Crippen LogP contribution in [-0.4, -0.2) is 54.9 Å². The summed E-state index contributed by atoms with van der Waals surface area (Å²) >= 11 is 0. The Kier molecular flexibility index (Phi) is 8.13. The van der Waals surface area contributed by atoms with Crippen LogP contribution in [0.4, 0.5) is 29.3 Å². The van der Waals surface area contributed by atoms with Crippen molar-refractivity contribution < 1.29 is 27.4 Å². The van der Waals surface area contributed by atoms with Gasteiger partial charge >= 0.3 is 6.09 Å². The predicted octanol–water partition coefficient (Wildman–Crippen LogP) is 6.86. The summed E-state index contributed by atoms with van der Waals surface area (Å²) in [6.45, 7) is 11.2. The molecule has 1 atom stereocenters. The van der Waals surface area contributed by atoms with E-state index in [1.54, 1.807) is 18.9 Å². The number of fused-ring (bicyclic) bond motifs is 1. The Hall–Kier alpha value is -3.69. The molecular formula is C29H35F3N4O3. The van der Waals surface area contributed by atoms with Gasteiger partial charge in [0.25, 0.3) is 6.43 Å². The van der Waals surface area contributed by atoms with Crippen molar-refractivity contribution >= 4 is 28.4 Å². The number of ether oxygens (including phenoxy) is 2. The Labute approximate surface area is 226 Å². The average molecular weight is 545 g/mol. The molecule has 39 heavy (non-hydrogen) atoms. The minimum absolute atomic E-state index is 0.155. The number of piperazine rings is 1. The number of nitrogens with one attached hydrogen (secondary N) is 1. The van der Waals surface area contributed by atoms with Crippen LogP contribution in [0.2, 0.25) is 0 Å². The molecule has 210 valence electrons. The molecule has 1 aliphatic rings. The third-order valence-electron chi connectivity index (χ3n) is 6.64. The van der Waals surface area contributed by atoms with Crippen molar-refractivity contribution in [3.8, 4) is 5.75 Å². The monoisotopic (exact) mass is 544 g/mol. The van der Waals surface area contributed by atoms with Gasteiger partial charge in [0, 0.05) is 54.6 Å². The maximum absolute atomic E-state index is 14.9. The fraction of sp³-hybridized carbons (Fsp3) is 0.448. The summed E-state index contributed by atoms with van der Waals surface area (Å²) in [4.78, 5) is 21.0. The normalized spacial score (nSPS) is 15.0. The molecule has 2 heterocycles. The van der Waals surface area contributed by atoms with Crippen LogP contribution >= 0.6 is 0 Å². The second kappa shape index (κ2) is 11.2. The number of amides is 1. The van der Waals surface area contributed by atoms with Gasteiger partial charge in [0.05, 0.1) is 29.9 Å². The SMILES string of the molecule is COc1cc2nc(C)cc(N[C@H](C)c3cccc(C(F)F)c3F)c2cc1N1CCN(C(=O)OC(C)(C)C)CC1. The third-order valence-corrected chi connectivity index (χ3v) is 6.64. The van der Waals surface area contributed by atoms with E-state index in [1.165, 1.54) is 12.1 Å². The van der Waals surface area contributed by atoms with Gasteiger partial charge in [0.1, 0.15) is 17.2 Å². The molecule has 0 saturated carbocycles. The molecule has 0 spiro atoms. The van der Waals surface area contributed by atoms with E-state index < -0.39 is 29.4 Å². The van der Waals surface area contributed by atoms with Gasteiger partial charge in [-0.05, 0) is 46.8 Å². The summed E-state index contributed by atoms with van der Waals surface area (Å²) < 4.78 is 52.6. The maximum atomic E-state index is 14.9. The first-order valence-corrected chi connectivity index (χ1v) is 12.9. The summed E-state index contributed by atoms with van der Waals surface area (Å²) in [5.41, 5.74) is 1.92. The zero-order valence-corrected chi connectivity index (χ0v) is 23.1. The number of methoxy groups -OCH3 is 1. The molecular weight excluding hydrogens is 509 g/mol. The first kappa shape index (κ1) is 28.3. The van der Waals surface area contributed by atoms with Crippen LogP contribution in [-0.2, 0) is 4.74 Å². The number of aromatic nitrogens is 1. The number of pyridine rings is 1. The van der Waals surface area contributed by atoms with Gasteiger partial charge in [0.2, 0.25) is 0 Å². The minimum atomic E-state index is -2.90. The lowest BCUT2D eigenvalue weighted by atomic mass is 10.0. The van der Waals surface area contributed by atoms with Crippen LogP contribution in [0, 0.1) is 12.7 Å². The van der Waals surface area contributed by atoms with Gasteiger partial charge in [-0.15, -0.1) is 0 Å². The van der Waals surface area contributed by atoms with Crippen LogP contribution in [0.15, 0.2) is 36.4 Å². The molecule has 1 N–H and O–H groups in total. The lowest BCUT2D eigenvalue weighted by Crippen LogP contribution is -2.50. The molecule has 10 heteroatoms. The zero-order valence-electron chi connectivity index (χ0n) is 23.1. The molecule has 2 aromatic carbocycles. The highest BCUT2D eigenvalue weighted by atomic mass is 19.3. The molecule has 1 fully saturated rings. The summed E-state index contributed by atoms with van der Waals surface area (Å²) in [5.74, 6) is -0.270. The standard InChI is InChI=1S/C29H35F3N4O3/c1-17-14-22(34-18(2)19-8-7-9-20(26(19)30)27(31)32)21-15-24(25(38-6)16-23(21)33-17)35-10-12-36(13-11-35)28(37)39-29(3,4)5/h7-9,14-16,18,27H,10-13H2,1-6H3,(H,33,34)/t18-/m1/s1. The first-order valence-electron chi connectivity index (χ1n) is 12.9. The number of halogens is 3. The number of alkyl halides is 2. The Morgan fingerprint density at radius 2 is 1.74 bits per heavy atom. The molecule has 0 aliphatic carbocycles. The number of benzene rings is 2. The number of hydrogen-bond acceptors (Lipinski definition) is 6. The number of anilines is 2. The Balaban J connectivity index is 1.64. The lowest BCUT2D eigenvalue weighted by molar-refractivity contribution is 0.0240. The largest absolute Gasteiger partial charge is 0.495 e. The Bertz CT molecular complexity index is 1350. The van der Waals surface area contributed by atoms with Crippen LogP contribution in [0.1, 0.15) is 57.0 Å². The predicted molar refractivity (Wildman–Crippen MR) is 146 cm³/mol. The van der Waals surface area contributed by atoms with Gasteiger partial charge in [-0.1, -0.05) is 18.2 Å². The van der Waals surface area contributed by atoms with E-state index >= 15 is 0 Å². The van der Waals surface area contributed by atoms with E-state index in [4.69, 9.17) is 9.47 Å². The van der Waals surface area contributed by atoms with E-state index in [9.17, 15) is 18.0 Å². The molecule has 1 aliphatic heterocycles. The average Bonchev–Trinajstić information content (AvgIpc) is 2.86. The summed E-state index contributed by atoms with van der Waals surface area (Å²) in [6, 6.07) is 9.13. The van der Waals surface area contributed by atoms with Crippen LogP contribution in [0.25, 0.3) is 10.9 Å². The van der Waals surface area contributed by atoms with Crippen LogP contribution in [0.3, 0.4) is 0 Å². The van der Waals surface area contributed by atoms with E-state index in [-0.39, 0.29) is 11.7 Å². The van der Waals surface area contributed by atoms with Gasteiger partial charge < -0.3 is 24.6 Å². The number of carbonyl (C=O) groups excluding carboxylic acids is 1. The molecule has 1 amide bonds. The van der Waals surface area contributed by atoms with E-state index in [2.05, 4.69) is 15.2 Å². The van der Waals surface area contributed by atoms with Crippen molar-refractivity contribution in [2.75, 3.05) is 43.5 Å². The third kappa shape index (κ3) is 6.32. The molecule has 1 aromatic heterocycles. The zero-order chi connectivity index (χ0) is 28.5. The quantitative estimate of drug-likeness (QED) is 0.366. The minimum Gasteiger partial charge on any atom is -0.495 e. The second-order valence-corrected chi connectivity index (χ2v) is 10.7. The Morgan fingerprint density at radius 1 is 1.08 bits per heavy atom. The number of carbonyl (C=O) groups is 1. The van der Waals surface area contributed by atoms with Crippen molar-refractivity contribution in [2.45, 2.75) is 52.7 Å².